The number of ether oxygens (including phenoxy) is 3. The SMILES string of the molecule is COC(=O)[C@H](CCSC)NC(=O)c1cc(C(=O)N[C@@H](CCSC)C(=O)OC)cc(C(=O)N[C@@H](CCSC)C(=O)OC)c1. The Morgan fingerprint density at radius 2 is 0.786 bits per heavy atom. The number of nitrogens with one attached hydrogen (secondary N) is 3. The van der Waals surface area contributed by atoms with Crippen LogP contribution in [0.3, 0.4) is 0 Å². The van der Waals surface area contributed by atoms with Crippen molar-refractivity contribution >= 4 is 70.9 Å². The van der Waals surface area contributed by atoms with E-state index in [1.54, 1.807) is 0 Å². The average Bonchev–Trinajstić information content (AvgIpc) is 3.01. The Labute approximate surface area is 258 Å². The molecule has 0 saturated heterocycles. The van der Waals surface area contributed by atoms with E-state index >= 15 is 0 Å². The second-order valence-electron chi connectivity index (χ2n) is 8.79. The molecule has 0 aliphatic heterocycles. The van der Waals surface area contributed by atoms with Gasteiger partial charge in [0.15, 0.2) is 0 Å². The molecule has 1 aromatic rings. The third-order valence-electron chi connectivity index (χ3n) is 5.92. The number of hydrogen-bond donors (Lipinski definition) is 3. The molecule has 0 radical (unpaired) electrons. The van der Waals surface area contributed by atoms with E-state index in [9.17, 15) is 28.8 Å². The van der Waals surface area contributed by atoms with Gasteiger partial charge in [-0.1, -0.05) is 0 Å². The van der Waals surface area contributed by atoms with E-state index in [1.165, 1.54) is 74.8 Å². The van der Waals surface area contributed by atoms with Crippen LogP contribution in [0.2, 0.25) is 0 Å². The number of carbonyl (C=O) groups excluding carboxylic acids is 6. The van der Waals surface area contributed by atoms with Crippen molar-refractivity contribution < 1.29 is 43.0 Å². The molecule has 12 nitrogen and oxygen atoms in total. The normalized spacial score (nSPS) is 12.7. The Morgan fingerprint density at radius 3 is 0.976 bits per heavy atom. The summed E-state index contributed by atoms with van der Waals surface area (Å²) in [6.07, 6.45) is 6.43. The van der Waals surface area contributed by atoms with E-state index in [4.69, 9.17) is 14.2 Å². The molecule has 0 unspecified atom stereocenters. The Balaban J connectivity index is 3.50. The smallest absolute Gasteiger partial charge is 0.328 e. The van der Waals surface area contributed by atoms with Crippen molar-refractivity contribution in [1.82, 2.24) is 16.0 Å². The van der Waals surface area contributed by atoms with Gasteiger partial charge in [0.1, 0.15) is 18.1 Å². The summed E-state index contributed by atoms with van der Waals surface area (Å²) in [5, 5.41) is 7.80. The predicted molar refractivity (Wildman–Crippen MR) is 165 cm³/mol. The van der Waals surface area contributed by atoms with Crippen LogP contribution in [0.1, 0.15) is 50.3 Å². The highest BCUT2D eigenvalue weighted by Gasteiger charge is 2.27. The lowest BCUT2D eigenvalue weighted by atomic mass is 10.0. The van der Waals surface area contributed by atoms with Crippen LogP contribution in [0.15, 0.2) is 18.2 Å². The monoisotopic (exact) mass is 645 g/mol. The Hall–Kier alpha value is -2.91. The first-order valence-electron chi connectivity index (χ1n) is 12.8. The van der Waals surface area contributed by atoms with Crippen LogP contribution in [0.25, 0.3) is 0 Å². The molecular weight excluding hydrogens is 607 g/mol. The van der Waals surface area contributed by atoms with Gasteiger partial charge in [0.05, 0.1) is 21.3 Å². The predicted octanol–water partition coefficient (Wildman–Crippen LogP) is 1.76. The van der Waals surface area contributed by atoms with Gasteiger partial charge in [-0.3, -0.25) is 14.4 Å². The third-order valence-corrected chi connectivity index (χ3v) is 7.86. The minimum absolute atomic E-state index is 0.0941. The molecule has 234 valence electrons. The van der Waals surface area contributed by atoms with Crippen molar-refractivity contribution in [1.29, 1.82) is 0 Å². The molecule has 1 aromatic carbocycles. The second-order valence-corrected chi connectivity index (χ2v) is 11.7. The highest BCUT2D eigenvalue weighted by Crippen LogP contribution is 2.15. The number of hydrogen-bond acceptors (Lipinski definition) is 12. The van der Waals surface area contributed by atoms with Gasteiger partial charge >= 0.3 is 17.9 Å². The molecule has 0 bridgehead atoms. The zero-order valence-electron chi connectivity index (χ0n) is 24.6. The van der Waals surface area contributed by atoms with E-state index in [0.717, 1.165) is 0 Å². The van der Waals surface area contributed by atoms with Gasteiger partial charge in [-0.25, -0.2) is 14.4 Å². The van der Waals surface area contributed by atoms with Crippen molar-refractivity contribution in [2.45, 2.75) is 37.4 Å². The maximum atomic E-state index is 13.3. The Kier molecular flexibility index (Phi) is 17.7. The molecule has 0 saturated carbocycles. The van der Waals surface area contributed by atoms with Crippen molar-refractivity contribution in [3.63, 3.8) is 0 Å². The highest BCUT2D eigenvalue weighted by molar-refractivity contribution is 7.98. The number of thioether (sulfide) groups is 3. The van der Waals surface area contributed by atoms with Gasteiger partial charge in [-0.2, -0.15) is 35.3 Å². The summed E-state index contributed by atoms with van der Waals surface area (Å²) in [7, 11) is 3.62. The summed E-state index contributed by atoms with van der Waals surface area (Å²) in [5.41, 5.74) is -0.282. The number of esters is 3. The fraction of sp³-hybridized carbons (Fsp3) is 0.556. The van der Waals surface area contributed by atoms with Crippen LogP contribution in [0.4, 0.5) is 0 Å². The molecule has 3 atom stereocenters. The zero-order chi connectivity index (χ0) is 31.7. The summed E-state index contributed by atoms with van der Waals surface area (Å²) >= 11 is 4.44. The van der Waals surface area contributed by atoms with Gasteiger partial charge < -0.3 is 30.2 Å². The number of methoxy groups -OCH3 is 3. The summed E-state index contributed by atoms with van der Waals surface area (Å²) < 4.78 is 14.4. The van der Waals surface area contributed by atoms with Crippen LogP contribution < -0.4 is 16.0 Å². The van der Waals surface area contributed by atoms with Crippen molar-refractivity contribution in [2.75, 3.05) is 57.4 Å². The standard InChI is InChI=1S/C27H39N3O9S3/c1-37-25(34)19(7-10-40-4)28-22(31)16-13-17(23(32)29-20(8-11-41-5)26(35)38-2)15-18(14-16)24(33)30-21(9-12-42-6)27(36)39-3/h13-15,19-21H,7-12H2,1-6H3,(H,28,31)(H,29,32)(H,30,33)/t19-,20-,21-/m0/s1. The van der Waals surface area contributed by atoms with Crippen LogP contribution in [0, 0.1) is 0 Å². The third kappa shape index (κ3) is 12.1. The minimum atomic E-state index is -0.963. The number of amides is 3. The topological polar surface area (TPSA) is 166 Å². The summed E-state index contributed by atoms with van der Waals surface area (Å²) in [5.74, 6) is -2.43. The first kappa shape index (κ1) is 37.1. The zero-order valence-corrected chi connectivity index (χ0v) is 27.1. The first-order valence-corrected chi connectivity index (χ1v) is 17.0. The second kappa shape index (κ2) is 20.1. The molecule has 15 heteroatoms. The fourth-order valence-corrected chi connectivity index (χ4v) is 5.04. The number of carbonyl (C=O) groups is 6. The lowest BCUT2D eigenvalue weighted by molar-refractivity contribution is -0.143. The molecule has 0 spiro atoms. The summed E-state index contributed by atoms with van der Waals surface area (Å²) in [6.45, 7) is 0. The lowest BCUT2D eigenvalue weighted by Gasteiger charge is -2.19. The van der Waals surface area contributed by atoms with Crippen LogP contribution in [-0.2, 0) is 28.6 Å². The first-order chi connectivity index (χ1) is 20.1. The van der Waals surface area contributed by atoms with E-state index in [1.807, 2.05) is 18.8 Å². The summed E-state index contributed by atoms with van der Waals surface area (Å²) in [6, 6.07) is 0.858. The van der Waals surface area contributed by atoms with Gasteiger partial charge in [0.2, 0.25) is 0 Å². The van der Waals surface area contributed by atoms with Crippen LogP contribution in [-0.4, -0.2) is 111 Å². The van der Waals surface area contributed by atoms with Gasteiger partial charge in [0.25, 0.3) is 17.7 Å². The average molecular weight is 646 g/mol. The summed E-state index contributed by atoms with van der Waals surface area (Å²) in [4.78, 5) is 76.7. The molecule has 3 amide bonds. The molecule has 3 N–H and O–H groups in total. The molecule has 0 fully saturated rings. The van der Waals surface area contributed by atoms with E-state index in [-0.39, 0.29) is 16.7 Å². The Morgan fingerprint density at radius 1 is 0.548 bits per heavy atom. The van der Waals surface area contributed by atoms with E-state index in [2.05, 4.69) is 16.0 Å². The fourth-order valence-electron chi connectivity index (χ4n) is 3.63. The number of rotatable bonds is 18. The molecule has 0 heterocycles. The Bertz CT molecular complexity index is 958. The van der Waals surface area contributed by atoms with Crippen LogP contribution >= 0.6 is 35.3 Å². The van der Waals surface area contributed by atoms with Gasteiger partial charge in [0, 0.05) is 16.7 Å². The van der Waals surface area contributed by atoms with Crippen molar-refractivity contribution in [2.24, 2.45) is 0 Å². The molecule has 42 heavy (non-hydrogen) atoms. The van der Waals surface area contributed by atoms with Crippen LogP contribution in [0.5, 0.6) is 0 Å². The number of benzene rings is 1. The maximum Gasteiger partial charge on any atom is 0.328 e. The van der Waals surface area contributed by atoms with Gasteiger partial charge in [-0.15, -0.1) is 0 Å². The van der Waals surface area contributed by atoms with Crippen molar-refractivity contribution in [3.05, 3.63) is 34.9 Å². The molecule has 0 aliphatic carbocycles. The lowest BCUT2D eigenvalue weighted by Crippen LogP contribution is -2.43. The highest BCUT2D eigenvalue weighted by atomic mass is 32.2. The maximum absolute atomic E-state index is 13.3. The molecule has 1 rings (SSSR count). The van der Waals surface area contributed by atoms with Crippen molar-refractivity contribution in [3.8, 4) is 0 Å². The quantitative estimate of drug-likeness (QED) is 0.157. The minimum Gasteiger partial charge on any atom is -0.467 e. The molecule has 0 aromatic heterocycles. The van der Waals surface area contributed by atoms with E-state index in [0.29, 0.717) is 36.5 Å². The van der Waals surface area contributed by atoms with E-state index < -0.39 is 53.8 Å². The van der Waals surface area contributed by atoms with Gasteiger partial charge in [-0.05, 0) is 73.5 Å². The largest absolute Gasteiger partial charge is 0.467 e. The molecule has 0 aliphatic rings. The molecular formula is C27H39N3O9S3.